The second-order valence-corrected chi connectivity index (χ2v) is 9.29. The Morgan fingerprint density at radius 2 is 1.74 bits per heavy atom. The number of carbonyl (C=O) groups excluding carboxylic acids is 1. The lowest BCUT2D eigenvalue weighted by Crippen LogP contribution is -2.44. The third-order valence-corrected chi connectivity index (χ3v) is 6.78. The van der Waals surface area contributed by atoms with Crippen molar-refractivity contribution in [3.63, 3.8) is 0 Å². The van der Waals surface area contributed by atoms with Gasteiger partial charge in [0.05, 0.1) is 25.7 Å². The first-order chi connectivity index (χ1) is 14.8. The highest BCUT2D eigenvalue weighted by molar-refractivity contribution is 7.89. The number of nitrogens with zero attached hydrogens (tertiary/aromatic N) is 1. The molecule has 170 valence electrons. The van der Waals surface area contributed by atoms with E-state index in [0.717, 1.165) is 18.4 Å². The van der Waals surface area contributed by atoms with Crippen molar-refractivity contribution in [1.82, 2.24) is 9.62 Å². The lowest BCUT2D eigenvalue weighted by molar-refractivity contribution is -0.121. The highest BCUT2D eigenvalue weighted by atomic mass is 32.2. The Balaban J connectivity index is 2.29. The normalized spacial score (nSPS) is 12.4. The maximum atomic E-state index is 13.4. The van der Waals surface area contributed by atoms with Gasteiger partial charge in [-0.15, -0.1) is 0 Å². The van der Waals surface area contributed by atoms with E-state index in [9.17, 15) is 13.2 Å². The molecule has 0 radical (unpaired) electrons. The first-order valence-electron chi connectivity index (χ1n) is 10.4. The van der Waals surface area contributed by atoms with E-state index in [1.807, 2.05) is 44.2 Å². The second-order valence-electron chi connectivity index (χ2n) is 7.35. The molecule has 2 rings (SSSR count). The zero-order chi connectivity index (χ0) is 22.9. The number of hydrogen-bond donors (Lipinski definition) is 1. The van der Waals surface area contributed by atoms with Gasteiger partial charge in [0.2, 0.25) is 15.9 Å². The standard InChI is InChI=1S/C23H32N2O5S/c1-5-9-18(2)24-23(26)17-25(15-14-19-10-7-6-8-11-19)31(27,28)20-12-13-21(29-3)22(16-20)30-4/h6-8,10-13,16,18H,5,9,14-15,17H2,1-4H3,(H,24,26)/t18-/m1/s1. The Hall–Kier alpha value is -2.58. The molecule has 1 amide bonds. The van der Waals surface area contributed by atoms with Crippen LogP contribution in [0.15, 0.2) is 53.4 Å². The number of rotatable bonds is 12. The van der Waals surface area contributed by atoms with Gasteiger partial charge in [0, 0.05) is 18.7 Å². The molecule has 0 spiro atoms. The maximum absolute atomic E-state index is 13.4. The molecule has 0 heterocycles. The molecule has 0 saturated heterocycles. The Bertz CT molecular complexity index is 948. The highest BCUT2D eigenvalue weighted by Crippen LogP contribution is 2.30. The molecular weight excluding hydrogens is 416 g/mol. The zero-order valence-corrected chi connectivity index (χ0v) is 19.4. The summed E-state index contributed by atoms with van der Waals surface area (Å²) in [6, 6.07) is 14.0. The van der Waals surface area contributed by atoms with Crippen LogP contribution in [0.3, 0.4) is 0 Å². The molecule has 8 heteroatoms. The summed E-state index contributed by atoms with van der Waals surface area (Å²) in [4.78, 5) is 12.6. The minimum Gasteiger partial charge on any atom is -0.493 e. The summed E-state index contributed by atoms with van der Waals surface area (Å²) in [6.45, 7) is 3.88. The van der Waals surface area contributed by atoms with Crippen molar-refractivity contribution in [1.29, 1.82) is 0 Å². The van der Waals surface area contributed by atoms with Gasteiger partial charge in [0.15, 0.2) is 11.5 Å². The summed E-state index contributed by atoms with van der Waals surface area (Å²) in [5, 5.41) is 2.88. The molecule has 1 atom stereocenters. The van der Waals surface area contributed by atoms with Crippen LogP contribution in [0.4, 0.5) is 0 Å². The van der Waals surface area contributed by atoms with Crippen LogP contribution in [-0.4, -0.2) is 52.0 Å². The summed E-state index contributed by atoms with van der Waals surface area (Å²) in [6.07, 6.45) is 2.26. The van der Waals surface area contributed by atoms with Gasteiger partial charge in [0.1, 0.15) is 0 Å². The molecule has 0 bridgehead atoms. The van der Waals surface area contributed by atoms with Crippen LogP contribution in [0.1, 0.15) is 32.3 Å². The molecule has 31 heavy (non-hydrogen) atoms. The van der Waals surface area contributed by atoms with Gasteiger partial charge in [-0.2, -0.15) is 4.31 Å². The number of methoxy groups -OCH3 is 2. The van der Waals surface area contributed by atoms with Crippen molar-refractivity contribution in [2.75, 3.05) is 27.3 Å². The van der Waals surface area contributed by atoms with Crippen molar-refractivity contribution in [3.05, 3.63) is 54.1 Å². The average Bonchev–Trinajstić information content (AvgIpc) is 2.76. The number of nitrogens with one attached hydrogen (secondary N) is 1. The van der Waals surface area contributed by atoms with Gasteiger partial charge in [0.25, 0.3) is 0 Å². The van der Waals surface area contributed by atoms with Crippen LogP contribution < -0.4 is 14.8 Å². The summed E-state index contributed by atoms with van der Waals surface area (Å²) in [5.41, 5.74) is 0.995. The van der Waals surface area contributed by atoms with E-state index in [0.29, 0.717) is 17.9 Å². The average molecular weight is 449 g/mol. The molecule has 2 aromatic rings. The van der Waals surface area contributed by atoms with Crippen LogP contribution >= 0.6 is 0 Å². The summed E-state index contributed by atoms with van der Waals surface area (Å²) >= 11 is 0. The molecule has 7 nitrogen and oxygen atoms in total. The molecular formula is C23H32N2O5S. The SMILES string of the molecule is CCC[C@@H](C)NC(=O)CN(CCc1ccccc1)S(=O)(=O)c1ccc(OC)c(OC)c1. The fourth-order valence-electron chi connectivity index (χ4n) is 3.29. The first-order valence-corrected chi connectivity index (χ1v) is 11.8. The molecule has 0 aliphatic carbocycles. The van der Waals surface area contributed by atoms with Crippen LogP contribution in [0, 0.1) is 0 Å². The maximum Gasteiger partial charge on any atom is 0.243 e. The molecule has 1 N–H and O–H groups in total. The van der Waals surface area contributed by atoms with Crippen LogP contribution in [-0.2, 0) is 21.2 Å². The lowest BCUT2D eigenvalue weighted by atomic mass is 10.1. The number of sulfonamides is 1. The number of carbonyl (C=O) groups is 1. The summed E-state index contributed by atoms with van der Waals surface area (Å²) < 4.78 is 38.5. The molecule has 0 aliphatic heterocycles. The van der Waals surface area contributed by atoms with E-state index < -0.39 is 10.0 Å². The largest absolute Gasteiger partial charge is 0.493 e. The summed E-state index contributed by atoms with van der Waals surface area (Å²) in [7, 11) is -1.00. The Kier molecular flexibility index (Phi) is 9.33. The van der Waals surface area contributed by atoms with E-state index in [4.69, 9.17) is 9.47 Å². The van der Waals surface area contributed by atoms with Crippen LogP contribution in [0.5, 0.6) is 11.5 Å². The van der Waals surface area contributed by atoms with Gasteiger partial charge in [-0.1, -0.05) is 43.7 Å². The van der Waals surface area contributed by atoms with Crippen molar-refractivity contribution in [2.45, 2.75) is 44.0 Å². The molecule has 0 saturated carbocycles. The van der Waals surface area contributed by atoms with Crippen molar-refractivity contribution < 1.29 is 22.7 Å². The quantitative estimate of drug-likeness (QED) is 0.539. The Labute approximate surface area is 185 Å². The fourth-order valence-corrected chi connectivity index (χ4v) is 4.71. The van der Waals surface area contributed by atoms with Gasteiger partial charge >= 0.3 is 0 Å². The minimum atomic E-state index is -3.93. The van der Waals surface area contributed by atoms with Crippen molar-refractivity contribution in [2.24, 2.45) is 0 Å². The second kappa shape index (κ2) is 11.7. The third kappa shape index (κ3) is 6.97. The van der Waals surface area contributed by atoms with Crippen LogP contribution in [0.2, 0.25) is 0 Å². The molecule has 2 aromatic carbocycles. The monoisotopic (exact) mass is 448 g/mol. The number of benzene rings is 2. The topological polar surface area (TPSA) is 84.9 Å². The third-order valence-electron chi connectivity index (χ3n) is 4.93. The molecule has 0 aromatic heterocycles. The van der Waals surface area contributed by atoms with Crippen molar-refractivity contribution >= 4 is 15.9 Å². The van der Waals surface area contributed by atoms with E-state index >= 15 is 0 Å². The fraction of sp³-hybridized carbons (Fsp3) is 0.435. The molecule has 0 fully saturated rings. The first kappa shape index (κ1) is 24.7. The van der Waals surface area contributed by atoms with Gasteiger partial charge < -0.3 is 14.8 Å². The minimum absolute atomic E-state index is 0.0164. The number of ether oxygens (including phenoxy) is 2. The molecule has 0 unspecified atom stereocenters. The number of hydrogen-bond acceptors (Lipinski definition) is 5. The smallest absolute Gasteiger partial charge is 0.243 e. The number of amides is 1. The predicted octanol–water partition coefficient (Wildman–Crippen LogP) is 3.24. The van der Waals surface area contributed by atoms with Gasteiger partial charge in [-0.05, 0) is 37.5 Å². The highest BCUT2D eigenvalue weighted by Gasteiger charge is 2.28. The van der Waals surface area contributed by atoms with Gasteiger partial charge in [-0.3, -0.25) is 4.79 Å². The predicted molar refractivity (Wildman–Crippen MR) is 121 cm³/mol. The van der Waals surface area contributed by atoms with E-state index in [1.165, 1.54) is 30.7 Å². The Morgan fingerprint density at radius 3 is 2.35 bits per heavy atom. The summed E-state index contributed by atoms with van der Waals surface area (Å²) in [5.74, 6) is 0.425. The van der Waals surface area contributed by atoms with Crippen LogP contribution in [0.25, 0.3) is 0 Å². The van der Waals surface area contributed by atoms with Crippen molar-refractivity contribution in [3.8, 4) is 11.5 Å². The van der Waals surface area contributed by atoms with E-state index in [1.54, 1.807) is 6.07 Å². The van der Waals surface area contributed by atoms with E-state index in [2.05, 4.69) is 5.32 Å². The lowest BCUT2D eigenvalue weighted by Gasteiger charge is -2.23. The Morgan fingerprint density at radius 1 is 1.06 bits per heavy atom. The molecule has 0 aliphatic rings. The zero-order valence-electron chi connectivity index (χ0n) is 18.6. The van der Waals surface area contributed by atoms with E-state index in [-0.39, 0.29) is 29.9 Å². The van der Waals surface area contributed by atoms with Gasteiger partial charge in [-0.25, -0.2) is 8.42 Å².